The van der Waals surface area contributed by atoms with Gasteiger partial charge in [-0.2, -0.15) is 0 Å². The van der Waals surface area contributed by atoms with Gasteiger partial charge < -0.3 is 5.32 Å². The van der Waals surface area contributed by atoms with Gasteiger partial charge in [0.25, 0.3) is 0 Å². The van der Waals surface area contributed by atoms with Crippen molar-refractivity contribution < 1.29 is 13.2 Å². The standard InChI is InChI=1S/C21H19NO3S2/c1-13-5-3-7-15(9-13)17-11-19(23)22-20-18(12-26-21(17)20)27(24,25)16-8-4-6-14(2)10-16/h3-10,12,17H,11H2,1-2H3,(H,22,23). The lowest BCUT2D eigenvalue weighted by molar-refractivity contribution is -0.116. The largest absolute Gasteiger partial charge is 0.324 e. The highest BCUT2D eigenvalue weighted by atomic mass is 32.2. The summed E-state index contributed by atoms with van der Waals surface area (Å²) in [5.74, 6) is -0.284. The summed E-state index contributed by atoms with van der Waals surface area (Å²) in [4.78, 5) is 13.7. The van der Waals surface area contributed by atoms with Crippen molar-refractivity contribution in [3.05, 3.63) is 75.5 Å². The first-order valence-corrected chi connectivity index (χ1v) is 11.0. The van der Waals surface area contributed by atoms with Gasteiger partial charge in [0, 0.05) is 22.6 Å². The maximum Gasteiger partial charge on any atom is 0.225 e. The first kappa shape index (κ1) is 17.9. The molecule has 0 saturated heterocycles. The average molecular weight is 398 g/mol. The lowest BCUT2D eigenvalue weighted by Gasteiger charge is -2.24. The molecule has 0 radical (unpaired) electrons. The number of anilines is 1. The minimum Gasteiger partial charge on any atom is -0.324 e. The smallest absolute Gasteiger partial charge is 0.225 e. The van der Waals surface area contributed by atoms with Crippen LogP contribution in [0.4, 0.5) is 5.69 Å². The summed E-state index contributed by atoms with van der Waals surface area (Å²) in [6, 6.07) is 14.9. The fourth-order valence-electron chi connectivity index (χ4n) is 3.47. The van der Waals surface area contributed by atoms with Crippen molar-refractivity contribution in [3.63, 3.8) is 0 Å². The zero-order chi connectivity index (χ0) is 19.2. The summed E-state index contributed by atoms with van der Waals surface area (Å²) in [6.45, 7) is 3.87. The summed E-state index contributed by atoms with van der Waals surface area (Å²) >= 11 is 1.39. The molecule has 0 fully saturated rings. The number of sulfone groups is 1. The summed E-state index contributed by atoms with van der Waals surface area (Å²) in [5.41, 5.74) is 3.46. The molecule has 1 amide bonds. The molecular formula is C21H19NO3S2. The number of carbonyl (C=O) groups excluding carboxylic acids is 1. The van der Waals surface area contributed by atoms with Crippen molar-refractivity contribution >= 4 is 32.8 Å². The Balaban J connectivity index is 1.85. The predicted octanol–water partition coefficient (Wildman–Crippen LogP) is 4.67. The molecule has 0 aliphatic carbocycles. The average Bonchev–Trinajstić information content (AvgIpc) is 3.05. The van der Waals surface area contributed by atoms with Crippen LogP contribution < -0.4 is 5.32 Å². The second kappa shape index (κ2) is 6.62. The Kier molecular flexibility index (Phi) is 4.40. The molecule has 6 heteroatoms. The molecular weight excluding hydrogens is 378 g/mol. The number of thiophene rings is 1. The van der Waals surface area contributed by atoms with Gasteiger partial charge >= 0.3 is 0 Å². The fraction of sp³-hybridized carbons (Fsp3) is 0.190. The molecule has 1 unspecified atom stereocenters. The van der Waals surface area contributed by atoms with Gasteiger partial charge in [-0.1, -0.05) is 42.0 Å². The van der Waals surface area contributed by atoms with E-state index in [0.717, 1.165) is 21.6 Å². The molecule has 4 nitrogen and oxygen atoms in total. The maximum atomic E-state index is 13.2. The Morgan fingerprint density at radius 2 is 1.74 bits per heavy atom. The van der Waals surface area contributed by atoms with Gasteiger partial charge in [-0.3, -0.25) is 4.79 Å². The number of hydrogen-bond donors (Lipinski definition) is 1. The molecule has 138 valence electrons. The van der Waals surface area contributed by atoms with Crippen molar-refractivity contribution in [2.24, 2.45) is 0 Å². The van der Waals surface area contributed by atoms with Crippen molar-refractivity contribution in [1.29, 1.82) is 0 Å². The highest BCUT2D eigenvalue weighted by molar-refractivity contribution is 7.91. The van der Waals surface area contributed by atoms with Crippen molar-refractivity contribution in [2.45, 2.75) is 36.0 Å². The van der Waals surface area contributed by atoms with Gasteiger partial charge in [-0.25, -0.2) is 8.42 Å². The van der Waals surface area contributed by atoms with Gasteiger partial charge in [0.2, 0.25) is 15.7 Å². The molecule has 2 heterocycles. The van der Waals surface area contributed by atoms with Crippen LogP contribution in [0.3, 0.4) is 0 Å². The summed E-state index contributed by atoms with van der Waals surface area (Å²) < 4.78 is 26.4. The van der Waals surface area contributed by atoms with Crippen LogP contribution in [-0.4, -0.2) is 14.3 Å². The number of rotatable bonds is 3. The van der Waals surface area contributed by atoms with Crippen LogP contribution in [0.25, 0.3) is 0 Å². The Labute approximate surface area is 162 Å². The summed E-state index contributed by atoms with van der Waals surface area (Å²) in [5, 5.41) is 4.46. The van der Waals surface area contributed by atoms with Crippen LogP contribution in [-0.2, 0) is 14.6 Å². The summed E-state index contributed by atoms with van der Waals surface area (Å²) in [6.07, 6.45) is 0.320. The van der Waals surface area contributed by atoms with Crippen LogP contribution >= 0.6 is 11.3 Å². The molecule has 0 bridgehead atoms. The van der Waals surface area contributed by atoms with E-state index < -0.39 is 9.84 Å². The van der Waals surface area contributed by atoms with E-state index in [0.29, 0.717) is 12.1 Å². The predicted molar refractivity (Wildman–Crippen MR) is 107 cm³/mol. The molecule has 1 aliphatic heterocycles. The van der Waals surface area contributed by atoms with Gasteiger partial charge in [-0.15, -0.1) is 11.3 Å². The minimum absolute atomic E-state index is 0.125. The zero-order valence-corrected chi connectivity index (χ0v) is 16.7. The molecule has 1 aromatic heterocycles. The molecule has 1 aliphatic rings. The van der Waals surface area contributed by atoms with E-state index in [4.69, 9.17) is 0 Å². The maximum absolute atomic E-state index is 13.2. The first-order valence-electron chi connectivity index (χ1n) is 8.66. The van der Waals surface area contributed by atoms with Crippen LogP contribution in [0, 0.1) is 13.8 Å². The zero-order valence-electron chi connectivity index (χ0n) is 15.0. The van der Waals surface area contributed by atoms with Crippen LogP contribution in [0.15, 0.2) is 63.7 Å². The van der Waals surface area contributed by atoms with Gasteiger partial charge in [0.05, 0.1) is 10.6 Å². The van der Waals surface area contributed by atoms with E-state index >= 15 is 0 Å². The molecule has 1 N–H and O–H groups in total. The van der Waals surface area contributed by atoms with E-state index in [1.807, 2.05) is 38.1 Å². The SMILES string of the molecule is Cc1cccc(C2CC(=O)Nc3c(S(=O)(=O)c4cccc(C)c4)csc32)c1. The van der Waals surface area contributed by atoms with Gasteiger partial charge in [0.1, 0.15) is 4.90 Å². The molecule has 4 rings (SSSR count). The molecule has 2 aromatic carbocycles. The second-order valence-electron chi connectivity index (χ2n) is 6.88. The normalized spacial score (nSPS) is 16.7. The van der Waals surface area contributed by atoms with E-state index in [9.17, 15) is 13.2 Å². The van der Waals surface area contributed by atoms with E-state index in [1.165, 1.54) is 11.3 Å². The second-order valence-corrected chi connectivity index (χ2v) is 9.71. The lowest BCUT2D eigenvalue weighted by Crippen LogP contribution is -2.23. The molecule has 27 heavy (non-hydrogen) atoms. The monoisotopic (exact) mass is 397 g/mol. The summed E-state index contributed by atoms with van der Waals surface area (Å²) in [7, 11) is -3.70. The van der Waals surface area contributed by atoms with Gasteiger partial charge in [-0.05, 0) is 37.1 Å². The molecule has 1 atom stereocenters. The Bertz CT molecular complexity index is 1150. The van der Waals surface area contributed by atoms with E-state index in [1.54, 1.807) is 23.6 Å². The molecule has 0 saturated carbocycles. The number of carbonyl (C=O) groups is 1. The third kappa shape index (κ3) is 3.19. The highest BCUT2D eigenvalue weighted by Crippen LogP contribution is 2.45. The minimum atomic E-state index is -3.70. The third-order valence-electron chi connectivity index (χ3n) is 4.79. The topological polar surface area (TPSA) is 63.2 Å². The van der Waals surface area contributed by atoms with Crippen LogP contribution in [0.1, 0.15) is 33.9 Å². The Hall–Kier alpha value is -2.44. The van der Waals surface area contributed by atoms with Crippen LogP contribution in [0.2, 0.25) is 0 Å². The number of aryl methyl sites for hydroxylation is 2. The highest BCUT2D eigenvalue weighted by Gasteiger charge is 2.34. The van der Waals surface area contributed by atoms with Crippen molar-refractivity contribution in [1.82, 2.24) is 0 Å². The first-order chi connectivity index (χ1) is 12.9. The Morgan fingerprint density at radius 3 is 2.44 bits per heavy atom. The number of nitrogens with one attached hydrogen (secondary N) is 1. The van der Waals surface area contributed by atoms with Crippen molar-refractivity contribution in [3.8, 4) is 0 Å². The molecule has 0 spiro atoms. The number of hydrogen-bond acceptors (Lipinski definition) is 4. The third-order valence-corrected chi connectivity index (χ3v) is 7.81. The molecule has 3 aromatic rings. The van der Waals surface area contributed by atoms with E-state index in [2.05, 4.69) is 11.4 Å². The number of fused-ring (bicyclic) bond motifs is 1. The lowest BCUT2D eigenvalue weighted by atomic mass is 9.90. The van der Waals surface area contributed by atoms with Gasteiger partial charge in [0.15, 0.2) is 0 Å². The Morgan fingerprint density at radius 1 is 1.04 bits per heavy atom. The van der Waals surface area contributed by atoms with E-state index in [-0.39, 0.29) is 21.6 Å². The van der Waals surface area contributed by atoms with Crippen molar-refractivity contribution in [2.75, 3.05) is 5.32 Å². The number of benzene rings is 2. The van der Waals surface area contributed by atoms with Crippen LogP contribution in [0.5, 0.6) is 0 Å². The number of amides is 1. The quantitative estimate of drug-likeness (QED) is 0.698. The fourth-order valence-corrected chi connectivity index (χ4v) is 6.48.